The Bertz CT molecular complexity index is 225. The van der Waals surface area contributed by atoms with E-state index in [4.69, 9.17) is 5.11 Å². The van der Waals surface area contributed by atoms with Crippen molar-refractivity contribution in [3.63, 3.8) is 0 Å². The van der Waals surface area contributed by atoms with Gasteiger partial charge in [-0.1, -0.05) is 6.42 Å². The number of carboxylic acids is 1. The Morgan fingerprint density at radius 3 is 2.21 bits per heavy atom. The molecule has 3 heteroatoms. The van der Waals surface area contributed by atoms with Gasteiger partial charge in [0.15, 0.2) is 0 Å². The first-order valence-corrected chi connectivity index (χ1v) is 5.60. The van der Waals surface area contributed by atoms with Crippen LogP contribution in [0.25, 0.3) is 0 Å². The first kappa shape index (κ1) is 9.97. The van der Waals surface area contributed by atoms with E-state index >= 15 is 0 Å². The van der Waals surface area contributed by atoms with E-state index in [0.717, 1.165) is 13.1 Å². The number of hydrogen-bond donors (Lipinski definition) is 1. The quantitative estimate of drug-likeness (QED) is 0.733. The third kappa shape index (κ3) is 1.65. The van der Waals surface area contributed by atoms with Gasteiger partial charge in [-0.05, 0) is 51.1 Å². The lowest BCUT2D eigenvalue weighted by Gasteiger charge is -2.48. The first-order valence-electron chi connectivity index (χ1n) is 5.60. The highest BCUT2D eigenvalue weighted by Crippen LogP contribution is 2.48. The van der Waals surface area contributed by atoms with Crippen molar-refractivity contribution in [1.82, 2.24) is 4.90 Å². The number of rotatable bonds is 2. The highest BCUT2D eigenvalue weighted by Gasteiger charge is 2.40. The van der Waals surface area contributed by atoms with Crippen LogP contribution in [0.5, 0.6) is 0 Å². The van der Waals surface area contributed by atoms with Crippen LogP contribution in [-0.4, -0.2) is 35.1 Å². The Balaban J connectivity index is 1.86. The predicted octanol–water partition coefficient (Wildman–Crippen LogP) is 1.73. The van der Waals surface area contributed by atoms with Crippen LogP contribution in [0.4, 0.5) is 0 Å². The number of piperidine rings is 1. The summed E-state index contributed by atoms with van der Waals surface area (Å²) in [5.74, 6) is -0.686. The lowest BCUT2D eigenvalue weighted by atomic mass is 9.63. The fourth-order valence-corrected chi connectivity index (χ4v) is 2.72. The van der Waals surface area contributed by atoms with Crippen LogP contribution in [-0.2, 0) is 4.79 Å². The second-order valence-corrected chi connectivity index (χ2v) is 4.90. The molecular formula is C11H19NO2. The molecule has 1 atom stereocenters. The summed E-state index contributed by atoms with van der Waals surface area (Å²) in [5.41, 5.74) is 0.620. The molecule has 1 saturated carbocycles. The Morgan fingerprint density at radius 2 is 1.86 bits per heavy atom. The van der Waals surface area contributed by atoms with E-state index in [0.29, 0.717) is 5.41 Å². The largest absolute Gasteiger partial charge is 0.480 e. The van der Waals surface area contributed by atoms with Gasteiger partial charge in [0.05, 0.1) is 0 Å². The molecule has 1 saturated heterocycles. The summed E-state index contributed by atoms with van der Waals surface area (Å²) in [7, 11) is 0. The molecule has 1 aliphatic carbocycles. The average molecular weight is 197 g/mol. The summed E-state index contributed by atoms with van der Waals surface area (Å²) in [6, 6.07) is -0.299. The smallest absolute Gasteiger partial charge is 0.320 e. The lowest BCUT2D eigenvalue weighted by molar-refractivity contribution is -0.144. The van der Waals surface area contributed by atoms with Gasteiger partial charge in [-0.15, -0.1) is 0 Å². The molecule has 1 unspecified atom stereocenters. The van der Waals surface area contributed by atoms with Gasteiger partial charge in [0.1, 0.15) is 6.04 Å². The van der Waals surface area contributed by atoms with Crippen LogP contribution in [0.1, 0.15) is 39.0 Å². The monoisotopic (exact) mass is 197 g/mol. The second kappa shape index (κ2) is 3.54. The second-order valence-electron chi connectivity index (χ2n) is 4.90. The maximum Gasteiger partial charge on any atom is 0.320 e. The van der Waals surface area contributed by atoms with Gasteiger partial charge in [0.25, 0.3) is 0 Å². The number of likely N-dealkylation sites (tertiary alicyclic amines) is 1. The Morgan fingerprint density at radius 1 is 1.29 bits per heavy atom. The van der Waals surface area contributed by atoms with Crippen molar-refractivity contribution < 1.29 is 9.90 Å². The molecule has 2 aliphatic rings. The van der Waals surface area contributed by atoms with Crippen molar-refractivity contribution in [1.29, 1.82) is 0 Å². The fraction of sp³-hybridized carbons (Fsp3) is 0.909. The van der Waals surface area contributed by atoms with Crippen LogP contribution >= 0.6 is 0 Å². The van der Waals surface area contributed by atoms with Gasteiger partial charge in [0.2, 0.25) is 0 Å². The third-order valence-corrected chi connectivity index (χ3v) is 4.18. The molecule has 1 heterocycles. The van der Waals surface area contributed by atoms with E-state index in [9.17, 15) is 4.79 Å². The molecule has 0 aromatic heterocycles. The molecule has 0 radical (unpaired) electrons. The van der Waals surface area contributed by atoms with Gasteiger partial charge < -0.3 is 5.11 Å². The first-order chi connectivity index (χ1) is 6.63. The minimum Gasteiger partial charge on any atom is -0.480 e. The summed E-state index contributed by atoms with van der Waals surface area (Å²) in [4.78, 5) is 12.9. The summed E-state index contributed by atoms with van der Waals surface area (Å²) in [6.45, 7) is 3.75. The van der Waals surface area contributed by atoms with Crippen LogP contribution in [0.2, 0.25) is 0 Å². The van der Waals surface area contributed by atoms with Crippen molar-refractivity contribution in [3.8, 4) is 0 Å². The number of nitrogens with zero attached hydrogens (tertiary/aromatic N) is 1. The van der Waals surface area contributed by atoms with Crippen molar-refractivity contribution in [2.24, 2.45) is 5.41 Å². The van der Waals surface area contributed by atoms with E-state index in [1.165, 1.54) is 32.1 Å². The maximum absolute atomic E-state index is 10.8. The summed E-state index contributed by atoms with van der Waals surface area (Å²) in [6.07, 6.45) is 6.56. The van der Waals surface area contributed by atoms with Crippen LogP contribution in [0, 0.1) is 5.41 Å². The molecule has 3 nitrogen and oxygen atoms in total. The number of carbonyl (C=O) groups is 1. The Labute approximate surface area is 85.1 Å². The molecule has 2 rings (SSSR count). The number of aliphatic carboxylic acids is 1. The molecule has 2 fully saturated rings. The zero-order valence-corrected chi connectivity index (χ0v) is 8.83. The minimum atomic E-state index is -0.686. The molecule has 0 amide bonds. The molecular weight excluding hydrogens is 178 g/mol. The molecule has 0 bridgehead atoms. The summed E-state index contributed by atoms with van der Waals surface area (Å²) >= 11 is 0. The van der Waals surface area contributed by atoms with Gasteiger partial charge >= 0.3 is 5.97 Å². The standard InChI is InChI=1S/C11H19NO2/c1-9(10(13)14)12-7-5-11(6-8-12)3-2-4-11/h9H,2-8H2,1H3,(H,13,14). The van der Waals surface area contributed by atoms with Crippen LogP contribution in [0.3, 0.4) is 0 Å². The van der Waals surface area contributed by atoms with Crippen molar-refractivity contribution in [2.75, 3.05) is 13.1 Å². The molecule has 1 N–H and O–H groups in total. The van der Waals surface area contributed by atoms with Gasteiger partial charge in [0, 0.05) is 0 Å². The highest BCUT2D eigenvalue weighted by atomic mass is 16.4. The van der Waals surface area contributed by atoms with E-state index < -0.39 is 5.97 Å². The Kier molecular flexibility index (Phi) is 2.52. The van der Waals surface area contributed by atoms with Gasteiger partial charge in [-0.2, -0.15) is 0 Å². The molecule has 14 heavy (non-hydrogen) atoms. The lowest BCUT2D eigenvalue weighted by Crippen LogP contribution is -2.48. The maximum atomic E-state index is 10.8. The minimum absolute atomic E-state index is 0.299. The zero-order valence-electron chi connectivity index (χ0n) is 8.83. The van der Waals surface area contributed by atoms with Gasteiger partial charge in [-0.25, -0.2) is 0 Å². The number of carboxylic acid groups (broad SMARTS) is 1. The van der Waals surface area contributed by atoms with Crippen molar-refractivity contribution >= 4 is 5.97 Å². The normalized spacial score (nSPS) is 28.4. The predicted molar refractivity (Wildman–Crippen MR) is 54.2 cm³/mol. The van der Waals surface area contributed by atoms with E-state index in [1.54, 1.807) is 6.92 Å². The topological polar surface area (TPSA) is 40.5 Å². The third-order valence-electron chi connectivity index (χ3n) is 4.18. The zero-order chi connectivity index (χ0) is 10.2. The van der Waals surface area contributed by atoms with Crippen LogP contribution < -0.4 is 0 Å². The number of hydrogen-bond acceptors (Lipinski definition) is 2. The van der Waals surface area contributed by atoms with E-state index in [2.05, 4.69) is 4.90 Å². The molecule has 0 aromatic carbocycles. The molecule has 1 aliphatic heterocycles. The van der Waals surface area contributed by atoms with Gasteiger partial charge in [-0.3, -0.25) is 9.69 Å². The Hall–Kier alpha value is -0.570. The van der Waals surface area contributed by atoms with Crippen molar-refractivity contribution in [3.05, 3.63) is 0 Å². The summed E-state index contributed by atoms with van der Waals surface area (Å²) < 4.78 is 0. The highest BCUT2D eigenvalue weighted by molar-refractivity contribution is 5.72. The van der Waals surface area contributed by atoms with E-state index in [-0.39, 0.29) is 6.04 Å². The molecule has 1 spiro atoms. The van der Waals surface area contributed by atoms with Crippen LogP contribution in [0.15, 0.2) is 0 Å². The van der Waals surface area contributed by atoms with E-state index in [1.807, 2.05) is 0 Å². The fourth-order valence-electron chi connectivity index (χ4n) is 2.72. The SMILES string of the molecule is CC(C(=O)O)N1CCC2(CCC2)CC1. The molecule has 80 valence electrons. The summed E-state index contributed by atoms with van der Waals surface area (Å²) in [5, 5.41) is 8.89. The molecule has 0 aromatic rings. The average Bonchev–Trinajstić information content (AvgIpc) is 2.14. The van der Waals surface area contributed by atoms with Crippen molar-refractivity contribution in [2.45, 2.75) is 45.1 Å².